The third-order valence-corrected chi connectivity index (χ3v) is 11.2. The minimum atomic E-state index is -0.650. The highest BCUT2D eigenvalue weighted by Crippen LogP contribution is 2.54. The smallest absolute Gasteiger partial charge is 0.302 e. The van der Waals surface area contributed by atoms with Crippen molar-refractivity contribution in [3.8, 4) is 23.3 Å². The highest BCUT2D eigenvalue weighted by atomic mass is 16.5. The molecule has 9 nitrogen and oxygen atoms in total. The van der Waals surface area contributed by atoms with Crippen LogP contribution in [0.2, 0.25) is 0 Å². The van der Waals surface area contributed by atoms with Crippen LogP contribution >= 0.6 is 0 Å². The Morgan fingerprint density at radius 1 is 1.18 bits per heavy atom. The molecule has 2 aliphatic carbocycles. The Bertz CT molecular complexity index is 1270. The number of aromatic hydroxyl groups is 1. The van der Waals surface area contributed by atoms with Crippen molar-refractivity contribution in [2.45, 2.75) is 122 Å². The molecule has 2 heterocycles. The molecule has 0 radical (unpaired) electrons. The molecule has 248 valence electrons. The fraction of sp³-hybridized carbons (Fsp3) is 0.722. The van der Waals surface area contributed by atoms with Gasteiger partial charge in [-0.05, 0) is 87.4 Å². The second-order valence-corrected chi connectivity index (χ2v) is 14.3. The number of aliphatic hydroxyl groups is 1. The topological polar surface area (TPSA) is 138 Å². The first-order valence-electron chi connectivity index (χ1n) is 17.2. The number of phenols is 1. The molecule has 2 fully saturated rings. The molecule has 1 aromatic carbocycles. The lowest BCUT2D eigenvalue weighted by Crippen LogP contribution is -2.49. The summed E-state index contributed by atoms with van der Waals surface area (Å²) in [7, 11) is 1.69. The number of fused-ring (bicyclic) bond motifs is 5. The van der Waals surface area contributed by atoms with Crippen LogP contribution in [0.3, 0.4) is 0 Å². The van der Waals surface area contributed by atoms with E-state index in [0.29, 0.717) is 43.6 Å². The van der Waals surface area contributed by atoms with Crippen LogP contribution in [0, 0.1) is 34.5 Å². The second-order valence-electron chi connectivity index (χ2n) is 14.3. The number of guanidine groups is 1. The van der Waals surface area contributed by atoms with Crippen LogP contribution in [0.1, 0.15) is 96.5 Å². The number of nitrogens with zero attached hydrogens (tertiary/aromatic N) is 1. The Morgan fingerprint density at radius 3 is 2.73 bits per heavy atom. The van der Waals surface area contributed by atoms with Crippen LogP contribution in [0.5, 0.6) is 11.5 Å². The van der Waals surface area contributed by atoms with Gasteiger partial charge in [0.2, 0.25) is 0 Å². The maximum atomic E-state index is 12.5. The molecule has 0 aromatic heterocycles. The van der Waals surface area contributed by atoms with Gasteiger partial charge in [0.05, 0.1) is 11.5 Å². The van der Waals surface area contributed by atoms with Gasteiger partial charge < -0.3 is 36.1 Å². The number of benzene rings is 1. The first kappa shape index (κ1) is 33.4. The number of carbonyl (C=O) groups is 1. The summed E-state index contributed by atoms with van der Waals surface area (Å²) in [6.07, 6.45) is 10.2. The molecule has 2 aliphatic heterocycles. The van der Waals surface area contributed by atoms with Crippen molar-refractivity contribution in [3.05, 3.63) is 23.8 Å². The monoisotopic (exact) mass is 622 g/mol. The zero-order valence-electron chi connectivity index (χ0n) is 27.4. The summed E-state index contributed by atoms with van der Waals surface area (Å²) in [6, 6.07) is 5.90. The lowest BCUT2D eigenvalue weighted by Gasteiger charge is -2.45. The Morgan fingerprint density at radius 2 is 1.98 bits per heavy atom. The molecule has 45 heavy (non-hydrogen) atoms. The molecule has 4 bridgehead atoms. The van der Waals surface area contributed by atoms with Gasteiger partial charge in [-0.3, -0.25) is 9.79 Å². The number of rotatable bonds is 4. The van der Waals surface area contributed by atoms with Gasteiger partial charge in [-0.15, -0.1) is 0 Å². The van der Waals surface area contributed by atoms with Crippen LogP contribution in [-0.2, 0) is 16.0 Å². The average molecular weight is 623 g/mol. The molecule has 7 atom stereocenters. The SMILES string of the molecule is CN=C(N)NC[C@]1(C2(C)CCCC2)C#C[C@H]2CCC[C@@H]3C[C@H](CCN3)Oc3cc(ccc3O)C[C@@H]2[C@@H](OC(C)=O)C[C@@H](O)CC1. The third kappa shape index (κ3) is 8.07. The first-order chi connectivity index (χ1) is 21.6. The van der Waals surface area contributed by atoms with Gasteiger partial charge in [-0.25, -0.2) is 0 Å². The van der Waals surface area contributed by atoms with E-state index in [-0.39, 0.29) is 35.1 Å². The van der Waals surface area contributed by atoms with E-state index in [2.05, 4.69) is 34.4 Å². The van der Waals surface area contributed by atoms with Crippen molar-refractivity contribution in [3.63, 3.8) is 0 Å². The third-order valence-electron chi connectivity index (χ3n) is 11.2. The number of carbonyl (C=O) groups excluding carboxylic acids is 1. The second kappa shape index (κ2) is 14.6. The van der Waals surface area contributed by atoms with Crippen molar-refractivity contribution < 1.29 is 24.5 Å². The van der Waals surface area contributed by atoms with E-state index in [1.807, 2.05) is 12.1 Å². The molecule has 0 spiro atoms. The van der Waals surface area contributed by atoms with Crippen molar-refractivity contribution in [1.82, 2.24) is 10.6 Å². The number of nitrogens with one attached hydrogen (secondary N) is 2. The summed E-state index contributed by atoms with van der Waals surface area (Å²) < 4.78 is 12.4. The number of phenolic OH excluding ortho intramolecular Hbond substituents is 1. The molecule has 1 saturated heterocycles. The highest BCUT2D eigenvalue weighted by molar-refractivity contribution is 5.77. The molecule has 1 aromatic rings. The van der Waals surface area contributed by atoms with Gasteiger partial charge in [0.25, 0.3) is 0 Å². The van der Waals surface area contributed by atoms with E-state index in [4.69, 9.17) is 15.2 Å². The van der Waals surface area contributed by atoms with Crippen LogP contribution in [-0.4, -0.2) is 66.6 Å². The van der Waals surface area contributed by atoms with Crippen LogP contribution in [0.25, 0.3) is 0 Å². The molecular formula is C36H54N4O5. The summed E-state index contributed by atoms with van der Waals surface area (Å²) in [5.41, 5.74) is 6.73. The van der Waals surface area contributed by atoms with E-state index in [1.165, 1.54) is 19.8 Å². The van der Waals surface area contributed by atoms with Crippen LogP contribution in [0.4, 0.5) is 0 Å². The van der Waals surface area contributed by atoms with E-state index in [1.54, 1.807) is 13.1 Å². The predicted molar refractivity (Wildman–Crippen MR) is 176 cm³/mol. The quantitative estimate of drug-likeness (QED) is 0.144. The van der Waals surface area contributed by atoms with Gasteiger partial charge in [-0.1, -0.05) is 44.1 Å². The van der Waals surface area contributed by atoms with E-state index >= 15 is 0 Å². The number of piperidine rings is 1. The van der Waals surface area contributed by atoms with Crippen molar-refractivity contribution in [2.75, 3.05) is 20.1 Å². The summed E-state index contributed by atoms with van der Waals surface area (Å²) in [5.74, 6) is 8.19. The van der Waals surface area contributed by atoms with Gasteiger partial charge in [0, 0.05) is 44.8 Å². The summed E-state index contributed by atoms with van der Waals surface area (Å²) >= 11 is 0. The van der Waals surface area contributed by atoms with Gasteiger partial charge in [0.1, 0.15) is 12.2 Å². The molecular weight excluding hydrogens is 568 g/mol. The Balaban J connectivity index is 1.61. The number of ether oxygens (including phenoxy) is 2. The van der Waals surface area contributed by atoms with Crippen molar-refractivity contribution >= 4 is 11.9 Å². The minimum absolute atomic E-state index is 0.0295. The number of aliphatic hydroxyl groups excluding tert-OH is 1. The first-order valence-corrected chi connectivity index (χ1v) is 17.2. The molecule has 5 rings (SSSR count). The Hall–Kier alpha value is -2.96. The Labute approximate surface area is 269 Å². The molecule has 9 heteroatoms. The lowest BCUT2D eigenvalue weighted by atomic mass is 9.60. The highest BCUT2D eigenvalue weighted by Gasteiger charge is 2.49. The van der Waals surface area contributed by atoms with Crippen LogP contribution < -0.4 is 21.1 Å². The predicted octanol–water partition coefficient (Wildman–Crippen LogP) is 4.43. The molecule has 0 amide bonds. The Kier molecular flexibility index (Phi) is 10.9. The van der Waals surface area contributed by atoms with Crippen LogP contribution in [0.15, 0.2) is 23.2 Å². The molecule has 6 N–H and O–H groups in total. The standard InChI is InChI=1S/C36H54N4O5/c1-24(41)44-32-22-28(42)12-17-36(23-40-34(37)38-3,35(2)14-4-5-15-35)16-11-26-7-6-8-27-21-29(13-18-39-27)45-33-20-25(19-30(26)32)9-10-31(33)43/h9-10,20,26-30,32,39,42-43H,4-8,12-15,17-19,21-23H2,1-3H3,(H3,37,38,40)/t26-,27-,28+,29+,30+,32+,36+/m1/s1. The van der Waals surface area contributed by atoms with Crippen molar-refractivity contribution in [2.24, 2.45) is 33.4 Å². The zero-order chi connectivity index (χ0) is 32.0. The zero-order valence-corrected chi connectivity index (χ0v) is 27.4. The maximum absolute atomic E-state index is 12.5. The van der Waals surface area contributed by atoms with Crippen molar-refractivity contribution in [1.29, 1.82) is 0 Å². The number of hydrogen-bond donors (Lipinski definition) is 5. The van der Waals surface area contributed by atoms with E-state index in [9.17, 15) is 15.0 Å². The largest absolute Gasteiger partial charge is 0.504 e. The fourth-order valence-corrected chi connectivity index (χ4v) is 8.40. The fourth-order valence-electron chi connectivity index (χ4n) is 8.40. The van der Waals surface area contributed by atoms with E-state index < -0.39 is 17.6 Å². The summed E-state index contributed by atoms with van der Waals surface area (Å²) in [6.45, 7) is 5.26. The summed E-state index contributed by atoms with van der Waals surface area (Å²) in [4.78, 5) is 16.6. The van der Waals surface area contributed by atoms with E-state index in [0.717, 1.165) is 63.5 Å². The molecule has 0 unspecified atom stereocenters. The number of aliphatic imine (C=N–C) groups is 1. The number of nitrogens with two attached hydrogens (primary N) is 1. The van der Waals surface area contributed by atoms with Gasteiger partial charge in [0.15, 0.2) is 17.5 Å². The number of esters is 1. The maximum Gasteiger partial charge on any atom is 0.302 e. The lowest BCUT2D eigenvalue weighted by molar-refractivity contribution is -0.152. The molecule has 4 aliphatic rings. The minimum Gasteiger partial charge on any atom is -0.504 e. The van der Waals surface area contributed by atoms with Gasteiger partial charge in [-0.2, -0.15) is 0 Å². The summed E-state index contributed by atoms with van der Waals surface area (Å²) in [5, 5.41) is 29.3. The molecule has 1 saturated carbocycles. The number of hydrogen-bond acceptors (Lipinski definition) is 7. The van der Waals surface area contributed by atoms with Gasteiger partial charge >= 0.3 is 5.97 Å². The normalized spacial score (nSPS) is 33.8. The average Bonchev–Trinajstić information content (AvgIpc) is 3.47.